The first-order chi connectivity index (χ1) is 11.7. The van der Waals surface area contributed by atoms with Crippen LogP contribution in [0.2, 0.25) is 0 Å². The first kappa shape index (κ1) is 21.6. The number of ether oxygens (including phenoxy) is 1. The van der Waals surface area contributed by atoms with Gasteiger partial charge in [0, 0.05) is 31.7 Å². The second-order valence-electron chi connectivity index (χ2n) is 5.22. The molecule has 0 spiro atoms. The van der Waals surface area contributed by atoms with E-state index in [4.69, 9.17) is 4.74 Å². The summed E-state index contributed by atoms with van der Waals surface area (Å²) in [7, 11) is 3.82. The second-order valence-corrected chi connectivity index (χ2v) is 6.09. The van der Waals surface area contributed by atoms with E-state index in [1.54, 1.807) is 31.2 Å². The van der Waals surface area contributed by atoms with Crippen molar-refractivity contribution in [3.05, 3.63) is 54.4 Å². The van der Waals surface area contributed by atoms with E-state index < -0.39 is 0 Å². The van der Waals surface area contributed by atoms with Gasteiger partial charge in [0.2, 0.25) is 0 Å². The van der Waals surface area contributed by atoms with E-state index in [1.165, 1.54) is 10.5 Å². The lowest BCUT2D eigenvalue weighted by molar-refractivity contribution is 0.318. The predicted molar refractivity (Wildman–Crippen MR) is 116 cm³/mol. The van der Waals surface area contributed by atoms with Gasteiger partial charge >= 0.3 is 0 Å². The van der Waals surface area contributed by atoms with Gasteiger partial charge < -0.3 is 15.0 Å². The molecule has 0 fully saturated rings. The maximum atomic E-state index is 5.62. The molecular formula is C18H25IN4OS. The number of pyridine rings is 1. The molecule has 1 N–H and O–H groups in total. The minimum absolute atomic E-state index is 0. The summed E-state index contributed by atoms with van der Waals surface area (Å²) >= 11 is 1.75. The molecule has 0 aliphatic rings. The van der Waals surface area contributed by atoms with Crippen molar-refractivity contribution in [2.45, 2.75) is 11.4 Å². The highest BCUT2D eigenvalue weighted by Crippen LogP contribution is 2.15. The molecule has 7 heteroatoms. The molecule has 136 valence electrons. The van der Waals surface area contributed by atoms with Gasteiger partial charge in [0.05, 0.1) is 12.7 Å². The molecule has 25 heavy (non-hydrogen) atoms. The van der Waals surface area contributed by atoms with E-state index >= 15 is 0 Å². The molecule has 0 aliphatic carbocycles. The predicted octanol–water partition coefficient (Wildman–Crippen LogP) is 3.51. The van der Waals surface area contributed by atoms with Crippen LogP contribution in [0, 0.1) is 0 Å². The molecule has 0 aliphatic heterocycles. The lowest BCUT2D eigenvalue weighted by Gasteiger charge is -2.22. The van der Waals surface area contributed by atoms with Gasteiger partial charge in [-0.25, -0.2) is 0 Å². The van der Waals surface area contributed by atoms with Gasteiger partial charge in [-0.2, -0.15) is 0 Å². The molecule has 2 rings (SSSR count). The van der Waals surface area contributed by atoms with Crippen LogP contribution >= 0.6 is 35.7 Å². The molecule has 0 atom stereocenters. The van der Waals surface area contributed by atoms with Crippen LogP contribution in [-0.4, -0.2) is 49.3 Å². The molecule has 0 radical (unpaired) electrons. The van der Waals surface area contributed by atoms with Gasteiger partial charge in [-0.05, 0) is 36.1 Å². The Balaban J connectivity index is 0.00000312. The van der Waals surface area contributed by atoms with Crippen LogP contribution in [0.3, 0.4) is 0 Å². The summed E-state index contributed by atoms with van der Waals surface area (Å²) < 4.78 is 5.62. The highest BCUT2D eigenvalue weighted by atomic mass is 127. The third-order valence-electron chi connectivity index (χ3n) is 3.44. The number of halogens is 1. The Bertz CT molecular complexity index is 637. The smallest absolute Gasteiger partial charge is 0.193 e. The zero-order valence-corrected chi connectivity index (χ0v) is 18.0. The number of thioether (sulfide) groups is 1. The van der Waals surface area contributed by atoms with Crippen molar-refractivity contribution in [2.75, 3.05) is 33.5 Å². The van der Waals surface area contributed by atoms with E-state index in [-0.39, 0.29) is 24.0 Å². The average molecular weight is 472 g/mol. The molecule has 2 aromatic rings. The van der Waals surface area contributed by atoms with E-state index in [0.717, 1.165) is 18.3 Å². The van der Waals surface area contributed by atoms with Crippen molar-refractivity contribution in [3.8, 4) is 5.75 Å². The average Bonchev–Trinajstić information content (AvgIpc) is 2.63. The maximum absolute atomic E-state index is 5.62. The van der Waals surface area contributed by atoms with Crippen LogP contribution in [0.1, 0.15) is 5.56 Å². The SMILES string of the molecule is CN=C(NCCOc1cccnc1)N(C)Cc1ccc(SC)cc1.I. The zero-order valence-electron chi connectivity index (χ0n) is 14.8. The first-order valence-electron chi connectivity index (χ1n) is 7.80. The van der Waals surface area contributed by atoms with Crippen molar-refractivity contribution in [2.24, 2.45) is 4.99 Å². The molecule has 1 aromatic carbocycles. The van der Waals surface area contributed by atoms with E-state index in [1.807, 2.05) is 19.2 Å². The summed E-state index contributed by atoms with van der Waals surface area (Å²) in [4.78, 5) is 11.7. The topological polar surface area (TPSA) is 49.8 Å². The minimum atomic E-state index is 0. The van der Waals surface area contributed by atoms with Crippen LogP contribution in [-0.2, 0) is 6.54 Å². The number of nitrogens with one attached hydrogen (secondary N) is 1. The zero-order chi connectivity index (χ0) is 17.2. The van der Waals surface area contributed by atoms with Crippen LogP contribution in [0.5, 0.6) is 5.75 Å². The molecule has 0 unspecified atom stereocenters. The molecule has 1 aromatic heterocycles. The number of rotatable bonds is 7. The van der Waals surface area contributed by atoms with Crippen LogP contribution in [0.25, 0.3) is 0 Å². The molecule has 0 saturated heterocycles. The number of benzene rings is 1. The van der Waals surface area contributed by atoms with Crippen LogP contribution < -0.4 is 10.1 Å². The summed E-state index contributed by atoms with van der Waals surface area (Å²) in [6.07, 6.45) is 5.52. The number of hydrogen-bond acceptors (Lipinski definition) is 4. The van der Waals surface area contributed by atoms with Crippen LogP contribution in [0.4, 0.5) is 0 Å². The Labute approximate surface area is 171 Å². The van der Waals surface area contributed by atoms with E-state index in [9.17, 15) is 0 Å². The summed E-state index contributed by atoms with van der Waals surface area (Å²) in [5, 5.41) is 3.31. The van der Waals surface area contributed by atoms with Gasteiger partial charge in [0.25, 0.3) is 0 Å². The van der Waals surface area contributed by atoms with E-state index in [2.05, 4.69) is 50.7 Å². The molecule has 5 nitrogen and oxygen atoms in total. The van der Waals surface area contributed by atoms with Gasteiger partial charge in [0.15, 0.2) is 5.96 Å². The first-order valence-corrected chi connectivity index (χ1v) is 9.03. The van der Waals surface area contributed by atoms with Gasteiger partial charge in [-0.15, -0.1) is 35.7 Å². The highest BCUT2D eigenvalue weighted by Gasteiger charge is 2.06. The fourth-order valence-corrected chi connectivity index (χ4v) is 2.64. The lowest BCUT2D eigenvalue weighted by Crippen LogP contribution is -2.40. The van der Waals surface area contributed by atoms with Crippen molar-refractivity contribution in [1.82, 2.24) is 15.2 Å². The Morgan fingerprint density at radius 2 is 2.04 bits per heavy atom. The molecule has 0 amide bonds. The second kappa shape index (κ2) is 12.0. The number of nitrogens with zero attached hydrogens (tertiary/aromatic N) is 3. The monoisotopic (exact) mass is 472 g/mol. The fraction of sp³-hybridized carbons (Fsp3) is 0.333. The largest absolute Gasteiger partial charge is 0.490 e. The lowest BCUT2D eigenvalue weighted by atomic mass is 10.2. The standard InChI is InChI=1S/C18H24N4OS.HI/c1-19-18(21-11-12-23-16-5-4-10-20-13-16)22(2)14-15-6-8-17(24-3)9-7-15;/h4-10,13H,11-12,14H2,1-3H3,(H,19,21);1H. The third-order valence-corrected chi connectivity index (χ3v) is 4.18. The Morgan fingerprint density at radius 3 is 2.64 bits per heavy atom. The summed E-state index contributed by atoms with van der Waals surface area (Å²) in [5.74, 6) is 1.62. The van der Waals surface area contributed by atoms with E-state index in [0.29, 0.717) is 13.2 Å². The summed E-state index contributed by atoms with van der Waals surface area (Å²) in [5.41, 5.74) is 1.25. The number of hydrogen-bond donors (Lipinski definition) is 1. The fourth-order valence-electron chi connectivity index (χ4n) is 2.23. The number of aliphatic imine (C=N–C) groups is 1. The number of guanidine groups is 1. The van der Waals surface area contributed by atoms with Crippen LogP contribution in [0.15, 0.2) is 58.7 Å². The van der Waals surface area contributed by atoms with Crippen molar-refractivity contribution in [1.29, 1.82) is 0 Å². The van der Waals surface area contributed by atoms with Gasteiger partial charge in [-0.1, -0.05) is 12.1 Å². The van der Waals surface area contributed by atoms with Crippen molar-refractivity contribution in [3.63, 3.8) is 0 Å². The highest BCUT2D eigenvalue weighted by molar-refractivity contribution is 14.0. The molecule has 1 heterocycles. The van der Waals surface area contributed by atoms with Gasteiger partial charge in [0.1, 0.15) is 12.4 Å². The van der Waals surface area contributed by atoms with Gasteiger partial charge in [-0.3, -0.25) is 9.98 Å². The molecule has 0 bridgehead atoms. The normalized spacial score (nSPS) is 10.8. The summed E-state index contributed by atoms with van der Waals surface area (Å²) in [6, 6.07) is 12.4. The Hall–Kier alpha value is -1.48. The molecular weight excluding hydrogens is 447 g/mol. The number of aromatic nitrogens is 1. The molecule has 0 saturated carbocycles. The Morgan fingerprint density at radius 1 is 1.28 bits per heavy atom. The summed E-state index contributed by atoms with van der Waals surface area (Å²) in [6.45, 7) is 2.04. The quantitative estimate of drug-likeness (QED) is 0.220. The Kier molecular flexibility index (Phi) is 10.3. The maximum Gasteiger partial charge on any atom is 0.193 e. The van der Waals surface area contributed by atoms with Crippen molar-refractivity contribution >= 4 is 41.7 Å². The van der Waals surface area contributed by atoms with Crippen molar-refractivity contribution < 1.29 is 4.74 Å². The minimum Gasteiger partial charge on any atom is -0.490 e. The third kappa shape index (κ3) is 7.52.